The molecule has 0 heterocycles. The Kier molecular flexibility index (Phi) is 5.39. The van der Waals surface area contributed by atoms with Gasteiger partial charge in [0, 0.05) is 24.7 Å². The molecule has 0 saturated carbocycles. The minimum Gasteiger partial charge on any atom is -0.444 e. The van der Waals surface area contributed by atoms with E-state index in [2.05, 4.69) is 0 Å². The van der Waals surface area contributed by atoms with Gasteiger partial charge >= 0.3 is 6.09 Å². The van der Waals surface area contributed by atoms with Crippen LogP contribution in [-0.4, -0.2) is 29.4 Å². The van der Waals surface area contributed by atoms with Gasteiger partial charge in [-0.15, -0.1) is 0 Å². The molecule has 0 unspecified atom stereocenters. The fourth-order valence-corrected chi connectivity index (χ4v) is 2.28. The fourth-order valence-electron chi connectivity index (χ4n) is 2.28. The number of carbonyl (C=O) groups is 2. The monoisotopic (exact) mass is 325 g/mol. The fraction of sp³-hybridized carbons (Fsp3) is 0.300. The molecule has 0 spiro atoms. The Morgan fingerprint density at radius 1 is 0.958 bits per heavy atom. The van der Waals surface area contributed by atoms with Crippen molar-refractivity contribution in [3.05, 3.63) is 71.3 Å². The van der Waals surface area contributed by atoms with Crippen LogP contribution in [0.2, 0.25) is 0 Å². The number of hydrogen-bond donors (Lipinski definition) is 0. The van der Waals surface area contributed by atoms with Gasteiger partial charge in [0.05, 0.1) is 0 Å². The molecule has 0 aliphatic rings. The van der Waals surface area contributed by atoms with Gasteiger partial charge in [-0.2, -0.15) is 0 Å². The molecule has 2 aromatic carbocycles. The molecule has 0 N–H and O–H groups in total. The van der Waals surface area contributed by atoms with Crippen LogP contribution in [0, 0.1) is 0 Å². The SMILES string of the molecule is CN(Cc1ccccc1C(=O)c1ccccc1)C(=O)OC(C)(C)C. The lowest BCUT2D eigenvalue weighted by Crippen LogP contribution is -2.34. The molecule has 4 heteroatoms. The van der Waals surface area contributed by atoms with Crippen molar-refractivity contribution in [1.29, 1.82) is 0 Å². The van der Waals surface area contributed by atoms with Gasteiger partial charge in [-0.05, 0) is 26.3 Å². The molecule has 2 rings (SSSR count). The molecule has 2 aromatic rings. The van der Waals surface area contributed by atoms with E-state index in [1.165, 1.54) is 4.90 Å². The summed E-state index contributed by atoms with van der Waals surface area (Å²) < 4.78 is 5.36. The number of carbonyl (C=O) groups excluding carboxylic acids is 2. The van der Waals surface area contributed by atoms with Crippen LogP contribution in [0.15, 0.2) is 54.6 Å². The highest BCUT2D eigenvalue weighted by atomic mass is 16.6. The van der Waals surface area contributed by atoms with E-state index in [0.717, 1.165) is 5.56 Å². The smallest absolute Gasteiger partial charge is 0.410 e. The number of ether oxygens (including phenoxy) is 1. The van der Waals surface area contributed by atoms with Gasteiger partial charge in [-0.1, -0.05) is 54.6 Å². The minimum atomic E-state index is -0.551. The number of ketones is 1. The molecule has 4 nitrogen and oxygen atoms in total. The molecule has 0 aliphatic carbocycles. The average molecular weight is 325 g/mol. The van der Waals surface area contributed by atoms with Crippen LogP contribution in [-0.2, 0) is 11.3 Å². The van der Waals surface area contributed by atoms with Gasteiger partial charge in [0.1, 0.15) is 5.60 Å². The summed E-state index contributed by atoms with van der Waals surface area (Å²) in [5.74, 6) is -0.0520. The standard InChI is InChI=1S/C20H23NO3/c1-20(2,3)24-19(23)21(4)14-16-12-8-9-13-17(16)18(22)15-10-6-5-7-11-15/h5-13H,14H2,1-4H3. The van der Waals surface area contributed by atoms with Crippen LogP contribution in [0.1, 0.15) is 42.3 Å². The summed E-state index contributed by atoms with van der Waals surface area (Å²) in [6.07, 6.45) is -0.413. The van der Waals surface area contributed by atoms with E-state index in [4.69, 9.17) is 4.74 Å². The Labute approximate surface area is 143 Å². The van der Waals surface area contributed by atoms with Crippen molar-refractivity contribution in [3.63, 3.8) is 0 Å². The molecule has 126 valence electrons. The van der Waals surface area contributed by atoms with Crippen molar-refractivity contribution in [3.8, 4) is 0 Å². The summed E-state index contributed by atoms with van der Waals surface area (Å²) >= 11 is 0. The maximum absolute atomic E-state index is 12.7. The van der Waals surface area contributed by atoms with Gasteiger partial charge < -0.3 is 9.64 Å². The lowest BCUT2D eigenvalue weighted by molar-refractivity contribution is 0.0284. The number of benzene rings is 2. The molecule has 24 heavy (non-hydrogen) atoms. The summed E-state index contributed by atoms with van der Waals surface area (Å²) in [5, 5.41) is 0. The van der Waals surface area contributed by atoms with Crippen molar-refractivity contribution in [2.24, 2.45) is 0 Å². The number of rotatable bonds is 4. The summed E-state index contributed by atoms with van der Waals surface area (Å²) in [6, 6.07) is 16.5. The van der Waals surface area contributed by atoms with Crippen molar-refractivity contribution in [2.75, 3.05) is 7.05 Å². The summed E-state index contributed by atoms with van der Waals surface area (Å²) in [5.41, 5.74) is 1.47. The van der Waals surface area contributed by atoms with Crippen LogP contribution >= 0.6 is 0 Å². The van der Waals surface area contributed by atoms with Crippen LogP contribution in [0.25, 0.3) is 0 Å². The zero-order valence-corrected chi connectivity index (χ0v) is 14.6. The first-order valence-electron chi connectivity index (χ1n) is 7.90. The molecular formula is C20H23NO3. The van der Waals surface area contributed by atoms with E-state index in [1.54, 1.807) is 25.2 Å². The topological polar surface area (TPSA) is 46.6 Å². The first-order chi connectivity index (χ1) is 11.3. The molecule has 1 amide bonds. The summed E-state index contributed by atoms with van der Waals surface area (Å²) in [7, 11) is 1.66. The zero-order chi connectivity index (χ0) is 17.7. The lowest BCUT2D eigenvalue weighted by Gasteiger charge is -2.25. The van der Waals surface area contributed by atoms with Gasteiger partial charge in [-0.25, -0.2) is 4.79 Å². The molecular weight excluding hydrogens is 302 g/mol. The van der Waals surface area contributed by atoms with Crippen molar-refractivity contribution in [1.82, 2.24) is 4.90 Å². The van der Waals surface area contributed by atoms with Crippen LogP contribution < -0.4 is 0 Å². The highest BCUT2D eigenvalue weighted by molar-refractivity contribution is 6.09. The average Bonchev–Trinajstić information content (AvgIpc) is 2.54. The maximum atomic E-state index is 12.7. The van der Waals surface area contributed by atoms with Gasteiger partial charge in [0.2, 0.25) is 0 Å². The zero-order valence-electron chi connectivity index (χ0n) is 14.6. The molecule has 0 bridgehead atoms. The molecule has 0 fully saturated rings. The van der Waals surface area contributed by atoms with Gasteiger partial charge in [-0.3, -0.25) is 4.79 Å². The Morgan fingerprint density at radius 3 is 2.17 bits per heavy atom. The molecule has 0 atom stereocenters. The van der Waals surface area contributed by atoms with Crippen LogP contribution in [0.3, 0.4) is 0 Å². The second kappa shape index (κ2) is 7.30. The quantitative estimate of drug-likeness (QED) is 0.788. The minimum absolute atomic E-state index is 0.0520. The van der Waals surface area contributed by atoms with E-state index in [9.17, 15) is 9.59 Å². The third-order valence-corrected chi connectivity index (χ3v) is 3.41. The Hall–Kier alpha value is -2.62. The van der Waals surface area contributed by atoms with Crippen LogP contribution in [0.4, 0.5) is 4.79 Å². The van der Waals surface area contributed by atoms with Gasteiger partial charge in [0.15, 0.2) is 5.78 Å². The predicted octanol–water partition coefficient (Wildman–Crippen LogP) is 4.28. The van der Waals surface area contributed by atoms with E-state index < -0.39 is 11.7 Å². The first kappa shape index (κ1) is 17.7. The number of nitrogens with zero attached hydrogens (tertiary/aromatic N) is 1. The largest absolute Gasteiger partial charge is 0.444 e. The first-order valence-corrected chi connectivity index (χ1v) is 7.90. The highest BCUT2D eigenvalue weighted by Gasteiger charge is 2.21. The van der Waals surface area contributed by atoms with Crippen molar-refractivity contribution < 1.29 is 14.3 Å². The van der Waals surface area contributed by atoms with Crippen LogP contribution in [0.5, 0.6) is 0 Å². The second-order valence-corrected chi connectivity index (χ2v) is 6.69. The molecule has 0 aromatic heterocycles. The number of amides is 1. The highest BCUT2D eigenvalue weighted by Crippen LogP contribution is 2.17. The number of hydrogen-bond acceptors (Lipinski definition) is 3. The van der Waals surface area contributed by atoms with E-state index in [-0.39, 0.29) is 5.78 Å². The summed E-state index contributed by atoms with van der Waals surface area (Å²) in [6.45, 7) is 5.78. The van der Waals surface area contributed by atoms with Gasteiger partial charge in [0.25, 0.3) is 0 Å². The van der Waals surface area contributed by atoms with E-state index >= 15 is 0 Å². The van der Waals surface area contributed by atoms with E-state index in [0.29, 0.717) is 17.7 Å². The molecule has 0 aliphatic heterocycles. The summed E-state index contributed by atoms with van der Waals surface area (Å²) in [4.78, 5) is 26.3. The molecule has 0 saturated heterocycles. The lowest BCUT2D eigenvalue weighted by atomic mass is 9.98. The second-order valence-electron chi connectivity index (χ2n) is 6.69. The Balaban J connectivity index is 2.20. The Bertz CT molecular complexity index is 717. The maximum Gasteiger partial charge on any atom is 0.410 e. The van der Waals surface area contributed by atoms with Crippen molar-refractivity contribution in [2.45, 2.75) is 32.9 Å². The van der Waals surface area contributed by atoms with Crippen molar-refractivity contribution >= 4 is 11.9 Å². The molecule has 0 radical (unpaired) electrons. The third kappa shape index (κ3) is 4.69. The predicted molar refractivity (Wildman–Crippen MR) is 94.0 cm³/mol. The third-order valence-electron chi connectivity index (χ3n) is 3.41. The Morgan fingerprint density at radius 2 is 1.54 bits per heavy atom. The normalized spacial score (nSPS) is 11.0. The van der Waals surface area contributed by atoms with E-state index in [1.807, 2.05) is 57.2 Å².